The van der Waals surface area contributed by atoms with Crippen molar-refractivity contribution in [2.24, 2.45) is 5.92 Å². The molecular formula is C14H12N2O2. The number of amides is 1. The van der Waals surface area contributed by atoms with E-state index in [1.54, 1.807) is 24.3 Å². The van der Waals surface area contributed by atoms with Crippen molar-refractivity contribution in [1.82, 2.24) is 0 Å². The maximum absolute atomic E-state index is 11.9. The Labute approximate surface area is 105 Å². The molecule has 4 nitrogen and oxygen atoms in total. The van der Waals surface area contributed by atoms with E-state index in [9.17, 15) is 4.79 Å². The molecule has 1 heterocycles. The van der Waals surface area contributed by atoms with Crippen molar-refractivity contribution in [2.75, 3.05) is 5.32 Å². The first-order valence-electron chi connectivity index (χ1n) is 5.57. The smallest absolute Gasteiger partial charge is 0.242 e. The summed E-state index contributed by atoms with van der Waals surface area (Å²) in [5.41, 5.74) is 0.683. The Bertz CT molecular complexity index is 541. The molecule has 0 radical (unpaired) electrons. The molecule has 1 atom stereocenters. The van der Waals surface area contributed by atoms with Gasteiger partial charge in [-0.1, -0.05) is 18.2 Å². The lowest BCUT2D eigenvalue weighted by Gasteiger charge is -2.08. The van der Waals surface area contributed by atoms with Crippen LogP contribution < -0.4 is 5.32 Å². The van der Waals surface area contributed by atoms with Crippen molar-refractivity contribution in [2.45, 2.75) is 6.42 Å². The summed E-state index contributed by atoms with van der Waals surface area (Å²) in [6, 6.07) is 14.5. The number of nitrogens with zero attached hydrogens (tertiary/aromatic N) is 1. The minimum absolute atomic E-state index is 0.280. The molecule has 0 bridgehead atoms. The number of carbonyl (C=O) groups excluding carboxylic acids is 1. The molecule has 1 unspecified atom stereocenters. The zero-order valence-electron chi connectivity index (χ0n) is 9.67. The molecule has 4 heteroatoms. The van der Waals surface area contributed by atoms with Crippen LogP contribution in [0, 0.1) is 17.2 Å². The van der Waals surface area contributed by atoms with Gasteiger partial charge < -0.3 is 9.73 Å². The monoisotopic (exact) mass is 240 g/mol. The molecule has 1 amide bonds. The Hall–Kier alpha value is -2.54. The quantitative estimate of drug-likeness (QED) is 0.893. The van der Waals surface area contributed by atoms with Crippen LogP contribution in [-0.2, 0) is 11.2 Å². The van der Waals surface area contributed by atoms with Gasteiger partial charge in [-0.2, -0.15) is 5.26 Å². The van der Waals surface area contributed by atoms with Gasteiger partial charge in [-0.15, -0.1) is 0 Å². The third-order valence-electron chi connectivity index (χ3n) is 2.50. The number of hydrogen-bond acceptors (Lipinski definition) is 3. The molecular weight excluding hydrogens is 228 g/mol. The number of benzene rings is 1. The largest absolute Gasteiger partial charge is 0.469 e. The molecule has 0 saturated heterocycles. The first-order chi connectivity index (χ1) is 8.79. The van der Waals surface area contributed by atoms with E-state index >= 15 is 0 Å². The van der Waals surface area contributed by atoms with Gasteiger partial charge in [0.25, 0.3) is 0 Å². The fourth-order valence-electron chi connectivity index (χ4n) is 1.58. The Kier molecular flexibility index (Phi) is 3.77. The number of anilines is 1. The van der Waals surface area contributed by atoms with Crippen LogP contribution in [0.25, 0.3) is 0 Å². The molecule has 0 spiro atoms. The van der Waals surface area contributed by atoms with Gasteiger partial charge >= 0.3 is 0 Å². The maximum atomic E-state index is 11.9. The molecule has 1 aromatic heterocycles. The predicted octanol–water partition coefficient (Wildman–Crippen LogP) is 2.60. The van der Waals surface area contributed by atoms with Crippen molar-refractivity contribution in [3.05, 3.63) is 54.5 Å². The van der Waals surface area contributed by atoms with Crippen LogP contribution in [0.1, 0.15) is 5.76 Å². The van der Waals surface area contributed by atoms with Crippen molar-refractivity contribution in [1.29, 1.82) is 5.26 Å². The van der Waals surface area contributed by atoms with E-state index in [0.717, 1.165) is 0 Å². The number of nitriles is 1. The Balaban J connectivity index is 2.00. The molecule has 0 saturated carbocycles. The molecule has 2 aromatic rings. The highest BCUT2D eigenvalue weighted by molar-refractivity contribution is 5.94. The van der Waals surface area contributed by atoms with E-state index in [4.69, 9.17) is 9.68 Å². The van der Waals surface area contributed by atoms with Crippen LogP contribution in [0.5, 0.6) is 0 Å². The summed E-state index contributed by atoms with van der Waals surface area (Å²) in [5.74, 6) is -0.443. The lowest BCUT2D eigenvalue weighted by Crippen LogP contribution is -2.23. The topological polar surface area (TPSA) is 66.0 Å². The van der Waals surface area contributed by atoms with Crippen LogP contribution in [0.4, 0.5) is 5.69 Å². The number of para-hydroxylation sites is 1. The zero-order valence-corrected chi connectivity index (χ0v) is 9.67. The minimum Gasteiger partial charge on any atom is -0.469 e. The van der Waals surface area contributed by atoms with E-state index in [0.29, 0.717) is 11.4 Å². The molecule has 2 rings (SSSR count). The van der Waals surface area contributed by atoms with Crippen molar-refractivity contribution >= 4 is 11.6 Å². The summed E-state index contributed by atoms with van der Waals surface area (Å²) in [6.45, 7) is 0. The molecule has 0 aliphatic carbocycles. The second-order valence-corrected chi connectivity index (χ2v) is 3.82. The summed E-state index contributed by atoms with van der Waals surface area (Å²) in [5, 5.41) is 11.7. The Morgan fingerprint density at radius 1 is 1.28 bits per heavy atom. The van der Waals surface area contributed by atoms with Crippen LogP contribution in [0.15, 0.2) is 53.1 Å². The SMILES string of the molecule is N#CC(Cc1ccco1)C(=O)Nc1ccccc1. The van der Waals surface area contributed by atoms with Gasteiger partial charge in [-0.3, -0.25) is 4.79 Å². The fourth-order valence-corrected chi connectivity index (χ4v) is 1.58. The first kappa shape index (κ1) is 11.9. The average Bonchev–Trinajstić information content (AvgIpc) is 2.90. The van der Waals surface area contributed by atoms with Crippen molar-refractivity contribution in [3.8, 4) is 6.07 Å². The number of hydrogen-bond donors (Lipinski definition) is 1. The fraction of sp³-hybridized carbons (Fsp3) is 0.143. The molecule has 18 heavy (non-hydrogen) atoms. The third-order valence-corrected chi connectivity index (χ3v) is 2.50. The van der Waals surface area contributed by atoms with E-state index in [1.165, 1.54) is 6.26 Å². The van der Waals surface area contributed by atoms with Gasteiger partial charge in [-0.05, 0) is 24.3 Å². The molecule has 90 valence electrons. The van der Waals surface area contributed by atoms with Gasteiger partial charge in [0.05, 0.1) is 12.3 Å². The van der Waals surface area contributed by atoms with Gasteiger partial charge in [0.15, 0.2) is 0 Å². The van der Waals surface area contributed by atoms with Gasteiger partial charge in [-0.25, -0.2) is 0 Å². The summed E-state index contributed by atoms with van der Waals surface area (Å²) in [7, 11) is 0. The standard InChI is InChI=1S/C14H12N2O2/c15-10-11(9-13-7-4-8-18-13)14(17)16-12-5-2-1-3-6-12/h1-8,11H,9H2,(H,16,17). The lowest BCUT2D eigenvalue weighted by atomic mass is 10.0. The minimum atomic E-state index is -0.753. The van der Waals surface area contributed by atoms with Gasteiger partial charge in [0, 0.05) is 12.1 Å². The van der Waals surface area contributed by atoms with Crippen LogP contribution >= 0.6 is 0 Å². The van der Waals surface area contributed by atoms with E-state index < -0.39 is 5.92 Å². The summed E-state index contributed by atoms with van der Waals surface area (Å²) in [6.07, 6.45) is 1.81. The highest BCUT2D eigenvalue weighted by atomic mass is 16.3. The number of rotatable bonds is 4. The Morgan fingerprint density at radius 2 is 2.06 bits per heavy atom. The summed E-state index contributed by atoms with van der Waals surface area (Å²) in [4.78, 5) is 11.9. The second-order valence-electron chi connectivity index (χ2n) is 3.82. The maximum Gasteiger partial charge on any atom is 0.242 e. The number of carbonyl (C=O) groups is 1. The van der Waals surface area contributed by atoms with Crippen molar-refractivity contribution in [3.63, 3.8) is 0 Å². The molecule has 1 N–H and O–H groups in total. The van der Waals surface area contributed by atoms with E-state index in [-0.39, 0.29) is 12.3 Å². The summed E-state index contributed by atoms with van der Waals surface area (Å²) < 4.78 is 5.14. The average molecular weight is 240 g/mol. The second kappa shape index (κ2) is 5.69. The highest BCUT2D eigenvalue weighted by Gasteiger charge is 2.19. The number of furan rings is 1. The predicted molar refractivity (Wildman–Crippen MR) is 66.6 cm³/mol. The van der Waals surface area contributed by atoms with Crippen molar-refractivity contribution < 1.29 is 9.21 Å². The first-order valence-corrected chi connectivity index (χ1v) is 5.57. The Morgan fingerprint density at radius 3 is 2.67 bits per heavy atom. The molecule has 0 fully saturated rings. The van der Waals surface area contributed by atoms with Gasteiger partial charge in [0.1, 0.15) is 11.7 Å². The molecule has 0 aliphatic heterocycles. The van der Waals surface area contributed by atoms with E-state index in [1.807, 2.05) is 24.3 Å². The van der Waals surface area contributed by atoms with E-state index in [2.05, 4.69) is 5.32 Å². The molecule has 1 aromatic carbocycles. The van der Waals surface area contributed by atoms with Gasteiger partial charge in [0.2, 0.25) is 5.91 Å². The lowest BCUT2D eigenvalue weighted by molar-refractivity contribution is -0.118. The normalized spacial score (nSPS) is 11.5. The van der Waals surface area contributed by atoms with Crippen LogP contribution in [0.2, 0.25) is 0 Å². The zero-order chi connectivity index (χ0) is 12.8. The summed E-state index contributed by atoms with van der Waals surface area (Å²) >= 11 is 0. The van der Waals surface area contributed by atoms with Crippen LogP contribution in [0.3, 0.4) is 0 Å². The third kappa shape index (κ3) is 2.98. The molecule has 0 aliphatic rings. The number of nitrogens with one attached hydrogen (secondary N) is 1. The van der Waals surface area contributed by atoms with Crippen LogP contribution in [-0.4, -0.2) is 5.91 Å². The highest BCUT2D eigenvalue weighted by Crippen LogP contribution is 2.12.